The number of rotatable bonds is 13. The number of aryl methyl sites for hydroxylation is 1. The topological polar surface area (TPSA) is 82.8 Å². The van der Waals surface area contributed by atoms with Gasteiger partial charge in [0, 0.05) is 49.4 Å². The molecule has 260 valence electrons. The second kappa shape index (κ2) is 17.6. The van der Waals surface area contributed by atoms with Crippen molar-refractivity contribution < 1.29 is 32.3 Å². The Morgan fingerprint density at radius 1 is 1.09 bits per heavy atom. The molecule has 1 aromatic heterocycles. The molecule has 2 heterocycles. The quantitative estimate of drug-likeness (QED) is 0.232. The fraction of sp³-hybridized carbons (Fsp3) is 0.606. The number of carbonyl (C=O) groups is 2. The normalized spacial score (nSPS) is 16.5. The average molecular weight is 692 g/mol. The van der Waals surface area contributed by atoms with Crippen LogP contribution in [-0.4, -0.2) is 59.6 Å². The number of Topliss-reactive ketones (excluding diaryl/α,β-unsaturated/α-hetero) is 1. The molecule has 0 aliphatic carbocycles. The van der Waals surface area contributed by atoms with Crippen LogP contribution in [0.4, 0.5) is 23.2 Å². The first-order chi connectivity index (χ1) is 20.5. The summed E-state index contributed by atoms with van der Waals surface area (Å²) in [6.45, 7) is 8.40. The van der Waals surface area contributed by atoms with E-state index in [1.54, 1.807) is 38.1 Å². The van der Waals surface area contributed by atoms with E-state index in [2.05, 4.69) is 11.8 Å². The molecule has 3 rings (SSSR count). The van der Waals surface area contributed by atoms with Crippen molar-refractivity contribution in [3.05, 3.63) is 62.8 Å². The highest BCUT2D eigenvalue weighted by Gasteiger charge is 2.36. The molecule has 1 fully saturated rings. The minimum Gasteiger partial charge on any atom is -0.481 e. The van der Waals surface area contributed by atoms with Gasteiger partial charge in [-0.3, -0.25) is 14.4 Å². The number of nitrogens with zero attached hydrogens (tertiary/aromatic N) is 3. The van der Waals surface area contributed by atoms with E-state index in [-0.39, 0.29) is 75.9 Å². The molecule has 1 unspecified atom stereocenters. The van der Waals surface area contributed by atoms with Gasteiger partial charge in [0.05, 0.1) is 18.0 Å². The Morgan fingerprint density at radius 3 is 2.28 bits per heavy atom. The number of pyridine rings is 1. The van der Waals surface area contributed by atoms with Crippen LogP contribution in [0.15, 0.2) is 29.2 Å². The SMILES string of the molecule is Cc1cc(N2CCCC[C@@H]2C)cc([C@H](CC(=O)O)CC(=O)C(CC(C)C)n2cc(CCN(C)C)c(C(F)(F)F)cc2=O)c1F.S.S. The third kappa shape index (κ3) is 10.8. The van der Waals surface area contributed by atoms with Gasteiger partial charge >= 0.3 is 12.1 Å². The zero-order valence-corrected chi connectivity index (χ0v) is 29.5. The molecule has 0 saturated carbocycles. The number of carboxylic acid groups (broad SMARTS) is 1. The summed E-state index contributed by atoms with van der Waals surface area (Å²) in [7, 11) is 3.44. The van der Waals surface area contributed by atoms with E-state index in [0.29, 0.717) is 11.6 Å². The number of aromatic nitrogens is 1. The van der Waals surface area contributed by atoms with Gasteiger partial charge in [-0.1, -0.05) is 13.8 Å². The van der Waals surface area contributed by atoms with Gasteiger partial charge in [0.25, 0.3) is 5.56 Å². The lowest BCUT2D eigenvalue weighted by Crippen LogP contribution is -2.37. The Morgan fingerprint density at radius 2 is 1.74 bits per heavy atom. The summed E-state index contributed by atoms with van der Waals surface area (Å²) in [5, 5.41) is 9.76. The molecule has 2 aromatic rings. The van der Waals surface area contributed by atoms with E-state index in [9.17, 15) is 32.7 Å². The van der Waals surface area contributed by atoms with Crippen molar-refractivity contribution in [2.24, 2.45) is 5.92 Å². The van der Waals surface area contributed by atoms with Crippen molar-refractivity contribution in [3.63, 3.8) is 0 Å². The molecule has 46 heavy (non-hydrogen) atoms. The smallest absolute Gasteiger partial charge is 0.416 e. The van der Waals surface area contributed by atoms with Crippen LogP contribution in [0, 0.1) is 18.7 Å². The lowest BCUT2D eigenvalue weighted by atomic mass is 9.85. The number of anilines is 1. The van der Waals surface area contributed by atoms with Gasteiger partial charge in [0.15, 0.2) is 5.78 Å². The van der Waals surface area contributed by atoms with Crippen LogP contribution in [0.2, 0.25) is 0 Å². The van der Waals surface area contributed by atoms with Crippen LogP contribution < -0.4 is 10.5 Å². The van der Waals surface area contributed by atoms with E-state index in [1.165, 1.54) is 0 Å². The number of carbonyl (C=O) groups excluding carboxylic acids is 1. The molecule has 1 N–H and O–H groups in total. The summed E-state index contributed by atoms with van der Waals surface area (Å²) in [5.41, 5.74) is -0.912. The first-order valence-electron chi connectivity index (χ1n) is 15.3. The van der Waals surface area contributed by atoms with Crippen molar-refractivity contribution in [3.8, 4) is 0 Å². The molecule has 1 aromatic carbocycles. The predicted octanol–water partition coefficient (Wildman–Crippen LogP) is 6.83. The van der Waals surface area contributed by atoms with Gasteiger partial charge in [-0.2, -0.15) is 40.2 Å². The number of likely N-dealkylation sites (N-methyl/N-ethyl adjacent to an activating group) is 1. The molecule has 13 heteroatoms. The van der Waals surface area contributed by atoms with Gasteiger partial charge < -0.3 is 19.5 Å². The standard InChI is InChI=1S/C33H45F4N3O4.2H2S/c1-20(2)13-28(40-19-23(10-12-38(5)6)27(18-30(40)42)33(35,36)37)29(41)15-24(16-31(43)44)26-17-25(14-21(3)32(26)34)39-11-8-7-9-22(39)4;;/h14,17-20,22,24,28H,7-13,15-16H2,1-6H3,(H,43,44);2*1H2/t22-,24-,28?;;/m0../s1. The fourth-order valence-corrected chi connectivity index (χ4v) is 6.09. The van der Waals surface area contributed by atoms with Gasteiger partial charge in [0.2, 0.25) is 0 Å². The number of halogens is 4. The fourth-order valence-electron chi connectivity index (χ4n) is 6.09. The van der Waals surface area contributed by atoms with Gasteiger partial charge in [-0.05, 0) is 94.8 Å². The summed E-state index contributed by atoms with van der Waals surface area (Å²) < 4.78 is 58.3. The highest BCUT2D eigenvalue weighted by atomic mass is 32.1. The highest BCUT2D eigenvalue weighted by Crippen LogP contribution is 2.36. The first-order valence-corrected chi connectivity index (χ1v) is 15.3. The third-order valence-electron chi connectivity index (χ3n) is 8.41. The zero-order valence-electron chi connectivity index (χ0n) is 27.5. The lowest BCUT2D eigenvalue weighted by molar-refractivity contribution is -0.139. The maximum Gasteiger partial charge on any atom is 0.416 e. The van der Waals surface area contributed by atoms with Crippen LogP contribution in [0.3, 0.4) is 0 Å². The van der Waals surface area contributed by atoms with E-state index >= 15 is 4.39 Å². The molecule has 7 nitrogen and oxygen atoms in total. The molecule has 1 aliphatic heterocycles. The number of hydrogen-bond donors (Lipinski definition) is 1. The van der Waals surface area contributed by atoms with Gasteiger partial charge in [0.1, 0.15) is 5.82 Å². The zero-order chi connectivity index (χ0) is 32.9. The van der Waals surface area contributed by atoms with E-state index in [4.69, 9.17) is 0 Å². The molecule has 3 atom stereocenters. The Labute approximate surface area is 283 Å². The molecular formula is C33H49F4N3O4S2. The van der Waals surface area contributed by atoms with E-state index in [1.807, 2.05) is 13.8 Å². The van der Waals surface area contributed by atoms with Crippen molar-refractivity contribution in [2.45, 2.75) is 96.8 Å². The third-order valence-corrected chi connectivity index (χ3v) is 8.41. The summed E-state index contributed by atoms with van der Waals surface area (Å²) in [6, 6.07) is 2.97. The van der Waals surface area contributed by atoms with Crippen LogP contribution in [-0.2, 0) is 22.2 Å². The van der Waals surface area contributed by atoms with Crippen molar-refractivity contribution >= 4 is 44.4 Å². The van der Waals surface area contributed by atoms with E-state index in [0.717, 1.165) is 42.3 Å². The summed E-state index contributed by atoms with van der Waals surface area (Å²) in [4.78, 5) is 43.0. The van der Waals surface area contributed by atoms with Crippen LogP contribution >= 0.6 is 27.0 Å². The van der Waals surface area contributed by atoms with Crippen LogP contribution in [0.5, 0.6) is 0 Å². The molecule has 0 spiro atoms. The number of aliphatic carboxylic acids is 1. The number of ketones is 1. The Balaban J connectivity index is 0.00000529. The second-order valence-electron chi connectivity index (χ2n) is 12.8. The number of alkyl halides is 3. The molecular weight excluding hydrogens is 643 g/mol. The van der Waals surface area contributed by atoms with Gasteiger partial charge in [-0.25, -0.2) is 4.39 Å². The Kier molecular flexibility index (Phi) is 15.9. The van der Waals surface area contributed by atoms with Crippen molar-refractivity contribution in [1.82, 2.24) is 9.47 Å². The molecule has 0 bridgehead atoms. The van der Waals surface area contributed by atoms with E-state index < -0.39 is 53.2 Å². The predicted molar refractivity (Wildman–Crippen MR) is 184 cm³/mol. The molecule has 1 saturated heterocycles. The first kappa shape index (κ1) is 41.5. The maximum atomic E-state index is 15.7. The van der Waals surface area contributed by atoms with Crippen molar-refractivity contribution in [1.29, 1.82) is 0 Å². The average Bonchev–Trinajstić information content (AvgIpc) is 2.91. The minimum absolute atomic E-state index is 0. The molecule has 0 radical (unpaired) electrons. The van der Waals surface area contributed by atoms with Crippen LogP contribution in [0.25, 0.3) is 0 Å². The Hall–Kier alpha value is -2.51. The molecule has 1 aliphatic rings. The molecule has 0 amide bonds. The lowest BCUT2D eigenvalue weighted by Gasteiger charge is -2.36. The number of hydrogen-bond acceptors (Lipinski definition) is 5. The summed E-state index contributed by atoms with van der Waals surface area (Å²) in [6.07, 6.45) is -1.38. The monoisotopic (exact) mass is 691 g/mol. The number of carboxylic acids is 1. The number of benzene rings is 1. The Bertz CT molecular complexity index is 1400. The largest absolute Gasteiger partial charge is 0.481 e. The summed E-state index contributed by atoms with van der Waals surface area (Å²) in [5.74, 6) is -3.49. The van der Waals surface area contributed by atoms with Gasteiger partial charge in [-0.15, -0.1) is 0 Å². The van der Waals surface area contributed by atoms with Crippen LogP contribution in [0.1, 0.15) is 93.5 Å². The minimum atomic E-state index is -4.75. The maximum absolute atomic E-state index is 15.7. The number of piperidine rings is 1. The highest BCUT2D eigenvalue weighted by molar-refractivity contribution is 7.59. The second-order valence-corrected chi connectivity index (χ2v) is 12.8. The van der Waals surface area contributed by atoms with Crippen molar-refractivity contribution in [2.75, 3.05) is 32.1 Å². The summed E-state index contributed by atoms with van der Waals surface area (Å²) >= 11 is 0.